The zero-order chi connectivity index (χ0) is 11.8. The van der Waals surface area contributed by atoms with Crippen LogP contribution in [-0.2, 0) is 13.0 Å². The smallest absolute Gasteiger partial charge is 0.108 e. The summed E-state index contributed by atoms with van der Waals surface area (Å²) in [5.41, 5.74) is 0. The van der Waals surface area contributed by atoms with E-state index in [1.165, 1.54) is 25.1 Å². The lowest BCUT2D eigenvalue weighted by Gasteiger charge is -2.08. The van der Waals surface area contributed by atoms with Crippen LogP contribution in [0.3, 0.4) is 0 Å². The van der Waals surface area contributed by atoms with E-state index in [-0.39, 0.29) is 0 Å². The second-order valence-electron chi connectivity index (χ2n) is 4.56. The molecule has 0 aliphatic carbocycles. The number of aromatic nitrogens is 2. The van der Waals surface area contributed by atoms with Gasteiger partial charge in [0, 0.05) is 31.4 Å². The van der Waals surface area contributed by atoms with Gasteiger partial charge in [-0.3, -0.25) is 0 Å². The Morgan fingerprint density at radius 1 is 1.31 bits per heavy atom. The third-order valence-corrected chi connectivity index (χ3v) is 2.75. The molecule has 1 aromatic rings. The van der Waals surface area contributed by atoms with E-state index in [9.17, 15) is 0 Å². The summed E-state index contributed by atoms with van der Waals surface area (Å²) in [6.45, 7) is 8.80. The van der Waals surface area contributed by atoms with Crippen molar-refractivity contribution in [1.29, 1.82) is 0 Å². The fourth-order valence-corrected chi connectivity index (χ4v) is 1.83. The van der Waals surface area contributed by atoms with Crippen molar-refractivity contribution >= 4 is 0 Å². The van der Waals surface area contributed by atoms with Gasteiger partial charge in [0.1, 0.15) is 5.82 Å². The van der Waals surface area contributed by atoms with Crippen LogP contribution >= 0.6 is 0 Å². The van der Waals surface area contributed by atoms with Gasteiger partial charge in [0.25, 0.3) is 0 Å². The molecular formula is C13H25N3. The maximum atomic E-state index is 4.32. The molecule has 0 unspecified atom stereocenters. The molecule has 1 heterocycles. The first-order chi connectivity index (χ1) is 7.74. The van der Waals surface area contributed by atoms with Crippen molar-refractivity contribution in [3.8, 4) is 0 Å². The van der Waals surface area contributed by atoms with Crippen LogP contribution < -0.4 is 5.32 Å². The van der Waals surface area contributed by atoms with Gasteiger partial charge in [-0.15, -0.1) is 0 Å². The standard InChI is InChI=1S/C13H25N3/c1-4-13-15-9-11-16(13)10-7-5-6-8-14-12(2)3/h9,11-12,14H,4-8,10H2,1-3H3. The highest BCUT2D eigenvalue weighted by Gasteiger charge is 1.99. The van der Waals surface area contributed by atoms with E-state index in [4.69, 9.17) is 0 Å². The third kappa shape index (κ3) is 4.79. The second-order valence-corrected chi connectivity index (χ2v) is 4.56. The molecule has 3 nitrogen and oxygen atoms in total. The van der Waals surface area contributed by atoms with Crippen molar-refractivity contribution < 1.29 is 0 Å². The molecule has 0 atom stereocenters. The average Bonchev–Trinajstić information content (AvgIpc) is 2.70. The van der Waals surface area contributed by atoms with Crippen LogP contribution in [0.25, 0.3) is 0 Å². The SMILES string of the molecule is CCc1nccn1CCCCCNC(C)C. The summed E-state index contributed by atoms with van der Waals surface area (Å²) in [5, 5.41) is 3.44. The first kappa shape index (κ1) is 13.2. The highest BCUT2D eigenvalue weighted by molar-refractivity contribution is 4.91. The molecule has 1 N–H and O–H groups in total. The number of rotatable bonds is 8. The lowest BCUT2D eigenvalue weighted by molar-refractivity contribution is 0.523. The molecule has 0 aliphatic rings. The van der Waals surface area contributed by atoms with Crippen molar-refractivity contribution in [2.75, 3.05) is 6.54 Å². The molecule has 0 radical (unpaired) electrons. The van der Waals surface area contributed by atoms with E-state index in [0.717, 1.165) is 19.5 Å². The number of aryl methyl sites for hydroxylation is 2. The predicted molar refractivity (Wildman–Crippen MR) is 68.6 cm³/mol. The summed E-state index contributed by atoms with van der Waals surface area (Å²) >= 11 is 0. The fraction of sp³-hybridized carbons (Fsp3) is 0.769. The Morgan fingerprint density at radius 3 is 2.81 bits per heavy atom. The molecule has 0 bridgehead atoms. The lowest BCUT2D eigenvalue weighted by atomic mass is 10.2. The molecule has 1 rings (SSSR count). The van der Waals surface area contributed by atoms with Gasteiger partial charge in [-0.25, -0.2) is 4.98 Å². The minimum atomic E-state index is 0.611. The summed E-state index contributed by atoms with van der Waals surface area (Å²) in [4.78, 5) is 4.32. The van der Waals surface area contributed by atoms with Gasteiger partial charge in [-0.05, 0) is 19.4 Å². The van der Waals surface area contributed by atoms with Crippen molar-refractivity contribution in [3.05, 3.63) is 18.2 Å². The minimum absolute atomic E-state index is 0.611. The zero-order valence-corrected chi connectivity index (χ0v) is 10.9. The van der Waals surface area contributed by atoms with Gasteiger partial charge >= 0.3 is 0 Å². The monoisotopic (exact) mass is 223 g/mol. The lowest BCUT2D eigenvalue weighted by Crippen LogP contribution is -2.23. The number of hydrogen-bond acceptors (Lipinski definition) is 2. The summed E-state index contributed by atoms with van der Waals surface area (Å²) in [5.74, 6) is 1.21. The van der Waals surface area contributed by atoms with E-state index in [0.29, 0.717) is 6.04 Å². The van der Waals surface area contributed by atoms with Crippen LogP contribution in [0, 0.1) is 0 Å². The average molecular weight is 223 g/mol. The fourth-order valence-electron chi connectivity index (χ4n) is 1.83. The molecule has 1 aromatic heterocycles. The Labute approximate surface area is 99.3 Å². The highest BCUT2D eigenvalue weighted by atomic mass is 15.1. The Bertz CT molecular complexity index is 278. The molecule has 0 fully saturated rings. The van der Waals surface area contributed by atoms with Gasteiger partial charge in [-0.2, -0.15) is 0 Å². The maximum Gasteiger partial charge on any atom is 0.108 e. The third-order valence-electron chi connectivity index (χ3n) is 2.75. The predicted octanol–water partition coefficient (Wildman–Crippen LogP) is 2.61. The Balaban J connectivity index is 2.07. The zero-order valence-electron chi connectivity index (χ0n) is 10.9. The molecule has 16 heavy (non-hydrogen) atoms. The maximum absolute atomic E-state index is 4.32. The molecule has 0 aliphatic heterocycles. The molecule has 0 amide bonds. The molecular weight excluding hydrogens is 198 g/mol. The van der Waals surface area contributed by atoms with Crippen molar-refractivity contribution in [1.82, 2.24) is 14.9 Å². The highest BCUT2D eigenvalue weighted by Crippen LogP contribution is 2.03. The Kier molecular flexibility index (Phi) is 6.16. The van der Waals surface area contributed by atoms with Crippen LogP contribution in [0.1, 0.15) is 45.9 Å². The minimum Gasteiger partial charge on any atom is -0.335 e. The van der Waals surface area contributed by atoms with Crippen LogP contribution in [0.5, 0.6) is 0 Å². The Morgan fingerprint density at radius 2 is 2.12 bits per heavy atom. The normalized spacial score (nSPS) is 11.2. The van der Waals surface area contributed by atoms with Crippen molar-refractivity contribution in [3.63, 3.8) is 0 Å². The van der Waals surface area contributed by atoms with Gasteiger partial charge in [-0.1, -0.05) is 27.2 Å². The van der Waals surface area contributed by atoms with E-state index in [1.807, 2.05) is 6.20 Å². The number of imidazole rings is 1. The van der Waals surface area contributed by atoms with Crippen LogP contribution in [0.15, 0.2) is 12.4 Å². The van der Waals surface area contributed by atoms with Crippen LogP contribution in [0.2, 0.25) is 0 Å². The summed E-state index contributed by atoms with van der Waals surface area (Å²) in [7, 11) is 0. The molecule has 92 valence electrons. The molecule has 0 spiro atoms. The molecule has 0 aromatic carbocycles. The molecule has 0 saturated heterocycles. The van der Waals surface area contributed by atoms with Gasteiger partial charge in [0.2, 0.25) is 0 Å². The summed E-state index contributed by atoms with van der Waals surface area (Å²) < 4.78 is 2.27. The van der Waals surface area contributed by atoms with Crippen molar-refractivity contribution in [2.45, 2.75) is 59.0 Å². The second kappa shape index (κ2) is 7.44. The van der Waals surface area contributed by atoms with E-state index < -0.39 is 0 Å². The summed E-state index contributed by atoms with van der Waals surface area (Å²) in [6, 6.07) is 0.611. The van der Waals surface area contributed by atoms with Crippen LogP contribution in [-0.4, -0.2) is 22.1 Å². The van der Waals surface area contributed by atoms with Gasteiger partial charge < -0.3 is 9.88 Å². The first-order valence-corrected chi connectivity index (χ1v) is 6.47. The number of nitrogens with one attached hydrogen (secondary N) is 1. The topological polar surface area (TPSA) is 29.9 Å². The number of hydrogen-bond donors (Lipinski definition) is 1. The van der Waals surface area contributed by atoms with Gasteiger partial charge in [0.15, 0.2) is 0 Å². The number of unbranched alkanes of at least 4 members (excludes halogenated alkanes) is 2. The van der Waals surface area contributed by atoms with Crippen LogP contribution in [0.4, 0.5) is 0 Å². The number of nitrogens with zero attached hydrogens (tertiary/aromatic N) is 2. The first-order valence-electron chi connectivity index (χ1n) is 6.47. The summed E-state index contributed by atoms with van der Waals surface area (Å²) in [6.07, 6.45) is 8.84. The van der Waals surface area contributed by atoms with Crippen molar-refractivity contribution in [2.24, 2.45) is 0 Å². The van der Waals surface area contributed by atoms with Gasteiger partial charge in [0.05, 0.1) is 0 Å². The van der Waals surface area contributed by atoms with E-state index in [2.05, 4.69) is 41.8 Å². The van der Waals surface area contributed by atoms with E-state index >= 15 is 0 Å². The molecule has 3 heteroatoms. The van der Waals surface area contributed by atoms with E-state index in [1.54, 1.807) is 0 Å². The Hall–Kier alpha value is -0.830. The molecule has 0 saturated carbocycles. The quantitative estimate of drug-likeness (QED) is 0.687. The largest absolute Gasteiger partial charge is 0.335 e.